The molecular formula is C18H24N2O2. The molecule has 0 amide bonds. The number of nitrogens with one attached hydrogen (secondary N) is 1. The molecule has 1 aliphatic carbocycles. The summed E-state index contributed by atoms with van der Waals surface area (Å²) in [5.74, 6) is 1.72. The number of methoxy groups -OCH3 is 2. The van der Waals surface area contributed by atoms with E-state index < -0.39 is 0 Å². The van der Waals surface area contributed by atoms with Crippen LogP contribution in [0.15, 0.2) is 30.3 Å². The van der Waals surface area contributed by atoms with Crippen molar-refractivity contribution in [2.45, 2.75) is 25.7 Å². The van der Waals surface area contributed by atoms with Crippen LogP contribution in [0.5, 0.6) is 5.75 Å². The number of benzene rings is 1. The Kier molecular flexibility index (Phi) is 4.48. The molecule has 1 aliphatic rings. The fraction of sp³-hybridized carbons (Fsp3) is 0.500. The number of aromatic nitrogens is 1. The van der Waals surface area contributed by atoms with Crippen LogP contribution in [0.2, 0.25) is 0 Å². The Labute approximate surface area is 131 Å². The number of nitrogens with zero attached hydrogens (tertiary/aromatic N) is 1. The largest absolute Gasteiger partial charge is 0.494 e. The van der Waals surface area contributed by atoms with Crippen LogP contribution in [0.25, 0.3) is 10.9 Å². The van der Waals surface area contributed by atoms with Crippen LogP contribution in [0.1, 0.15) is 25.7 Å². The molecule has 1 aromatic heterocycles. The first-order valence-corrected chi connectivity index (χ1v) is 7.93. The Hall–Kier alpha value is -1.81. The summed E-state index contributed by atoms with van der Waals surface area (Å²) in [4.78, 5) is 4.72. The normalized spacial score (nSPS) is 16.8. The highest BCUT2D eigenvalue weighted by Crippen LogP contribution is 2.38. The lowest BCUT2D eigenvalue weighted by Gasteiger charge is -2.28. The minimum atomic E-state index is 0.256. The fourth-order valence-electron chi connectivity index (χ4n) is 3.46. The average molecular weight is 300 g/mol. The van der Waals surface area contributed by atoms with Crippen molar-refractivity contribution in [1.82, 2.24) is 4.98 Å². The van der Waals surface area contributed by atoms with E-state index in [0.29, 0.717) is 0 Å². The van der Waals surface area contributed by atoms with Crippen LogP contribution in [-0.4, -0.2) is 32.4 Å². The lowest BCUT2D eigenvalue weighted by molar-refractivity contribution is 0.0923. The lowest BCUT2D eigenvalue weighted by atomic mass is 9.87. The molecule has 22 heavy (non-hydrogen) atoms. The van der Waals surface area contributed by atoms with Gasteiger partial charge in [-0.2, -0.15) is 0 Å². The van der Waals surface area contributed by atoms with Crippen molar-refractivity contribution in [3.63, 3.8) is 0 Å². The lowest BCUT2D eigenvalue weighted by Crippen LogP contribution is -2.31. The zero-order valence-corrected chi connectivity index (χ0v) is 13.4. The van der Waals surface area contributed by atoms with E-state index in [1.54, 1.807) is 14.2 Å². The van der Waals surface area contributed by atoms with Gasteiger partial charge in [-0.3, -0.25) is 0 Å². The van der Waals surface area contributed by atoms with Crippen LogP contribution >= 0.6 is 0 Å². The van der Waals surface area contributed by atoms with Gasteiger partial charge in [-0.25, -0.2) is 4.98 Å². The molecule has 1 aromatic carbocycles. The van der Waals surface area contributed by atoms with Crippen LogP contribution in [0, 0.1) is 5.41 Å². The molecule has 3 rings (SSSR count). The molecule has 0 radical (unpaired) electrons. The van der Waals surface area contributed by atoms with Gasteiger partial charge in [0.25, 0.3) is 0 Å². The van der Waals surface area contributed by atoms with Crippen molar-refractivity contribution >= 4 is 16.7 Å². The van der Waals surface area contributed by atoms with Crippen molar-refractivity contribution in [2.24, 2.45) is 5.41 Å². The van der Waals surface area contributed by atoms with Gasteiger partial charge in [0, 0.05) is 24.5 Å². The minimum Gasteiger partial charge on any atom is -0.494 e. The van der Waals surface area contributed by atoms with Crippen LogP contribution in [-0.2, 0) is 4.74 Å². The van der Waals surface area contributed by atoms with Crippen LogP contribution in [0.4, 0.5) is 5.82 Å². The molecule has 0 saturated heterocycles. The third-order valence-corrected chi connectivity index (χ3v) is 4.66. The number of ether oxygens (including phenoxy) is 2. The van der Waals surface area contributed by atoms with Gasteiger partial charge in [0.2, 0.25) is 0 Å². The van der Waals surface area contributed by atoms with Gasteiger partial charge in [0.05, 0.1) is 13.7 Å². The summed E-state index contributed by atoms with van der Waals surface area (Å²) in [5.41, 5.74) is 1.16. The van der Waals surface area contributed by atoms with Gasteiger partial charge < -0.3 is 14.8 Å². The quantitative estimate of drug-likeness (QED) is 0.879. The molecule has 1 N–H and O–H groups in total. The molecule has 1 heterocycles. The topological polar surface area (TPSA) is 43.4 Å². The number of para-hydroxylation sites is 1. The maximum absolute atomic E-state index is 5.44. The Morgan fingerprint density at radius 2 is 1.95 bits per heavy atom. The molecule has 0 unspecified atom stereocenters. The highest BCUT2D eigenvalue weighted by atomic mass is 16.5. The van der Waals surface area contributed by atoms with Gasteiger partial charge in [-0.05, 0) is 31.0 Å². The number of fused-ring (bicyclic) bond motifs is 1. The first kappa shape index (κ1) is 15.1. The average Bonchev–Trinajstić information content (AvgIpc) is 3.01. The van der Waals surface area contributed by atoms with E-state index in [4.69, 9.17) is 14.5 Å². The van der Waals surface area contributed by atoms with Gasteiger partial charge in [-0.15, -0.1) is 0 Å². The molecule has 1 saturated carbocycles. The number of rotatable bonds is 6. The van der Waals surface area contributed by atoms with Crippen molar-refractivity contribution in [2.75, 3.05) is 32.7 Å². The predicted molar refractivity (Wildman–Crippen MR) is 89.6 cm³/mol. The van der Waals surface area contributed by atoms with Gasteiger partial charge in [0.15, 0.2) is 0 Å². The summed E-state index contributed by atoms with van der Waals surface area (Å²) in [5, 5.41) is 4.60. The van der Waals surface area contributed by atoms with E-state index in [1.165, 1.54) is 25.7 Å². The summed E-state index contributed by atoms with van der Waals surface area (Å²) in [6.07, 6.45) is 5.05. The van der Waals surface area contributed by atoms with E-state index in [2.05, 4.69) is 17.4 Å². The SMILES string of the molecule is COCC1(CNc2ccc3cccc(OC)c3n2)CCCC1. The Bertz CT molecular complexity index is 636. The maximum Gasteiger partial charge on any atom is 0.145 e. The Balaban J connectivity index is 1.79. The second-order valence-electron chi connectivity index (χ2n) is 6.22. The number of pyridine rings is 1. The monoisotopic (exact) mass is 300 g/mol. The standard InChI is InChI=1S/C18H24N2O2/c1-21-13-18(10-3-4-11-18)12-19-16-9-8-14-6-5-7-15(22-2)17(14)20-16/h5-9H,3-4,10-13H2,1-2H3,(H,19,20). The molecule has 4 nitrogen and oxygen atoms in total. The van der Waals surface area contributed by atoms with Gasteiger partial charge >= 0.3 is 0 Å². The summed E-state index contributed by atoms with van der Waals surface area (Å²) in [6, 6.07) is 10.1. The molecule has 118 valence electrons. The third-order valence-electron chi connectivity index (χ3n) is 4.66. The highest BCUT2D eigenvalue weighted by Gasteiger charge is 2.33. The molecule has 1 fully saturated rings. The number of hydrogen-bond donors (Lipinski definition) is 1. The van der Waals surface area contributed by atoms with Gasteiger partial charge in [-0.1, -0.05) is 25.0 Å². The second kappa shape index (κ2) is 6.53. The van der Waals surface area contributed by atoms with E-state index in [0.717, 1.165) is 35.6 Å². The zero-order chi connectivity index (χ0) is 15.4. The third kappa shape index (κ3) is 3.02. The minimum absolute atomic E-state index is 0.256. The first-order chi connectivity index (χ1) is 10.8. The molecule has 0 aliphatic heterocycles. The second-order valence-corrected chi connectivity index (χ2v) is 6.22. The van der Waals surface area contributed by atoms with Crippen molar-refractivity contribution in [3.05, 3.63) is 30.3 Å². The van der Waals surface area contributed by atoms with Crippen LogP contribution in [0.3, 0.4) is 0 Å². The summed E-state index contributed by atoms with van der Waals surface area (Å²) in [7, 11) is 3.47. The summed E-state index contributed by atoms with van der Waals surface area (Å²) < 4.78 is 10.9. The van der Waals surface area contributed by atoms with E-state index in [1.807, 2.05) is 18.2 Å². The van der Waals surface area contributed by atoms with Gasteiger partial charge in [0.1, 0.15) is 17.1 Å². The first-order valence-electron chi connectivity index (χ1n) is 7.93. The highest BCUT2D eigenvalue weighted by molar-refractivity contribution is 5.85. The fourth-order valence-corrected chi connectivity index (χ4v) is 3.46. The van der Waals surface area contributed by atoms with E-state index in [-0.39, 0.29) is 5.41 Å². The number of hydrogen-bond acceptors (Lipinski definition) is 4. The van der Waals surface area contributed by atoms with E-state index in [9.17, 15) is 0 Å². The Morgan fingerprint density at radius 1 is 1.14 bits per heavy atom. The smallest absolute Gasteiger partial charge is 0.145 e. The predicted octanol–water partition coefficient (Wildman–Crippen LogP) is 3.86. The molecule has 0 atom stereocenters. The number of anilines is 1. The summed E-state index contributed by atoms with van der Waals surface area (Å²) >= 11 is 0. The van der Waals surface area contributed by atoms with Crippen molar-refractivity contribution < 1.29 is 9.47 Å². The zero-order valence-electron chi connectivity index (χ0n) is 13.4. The van der Waals surface area contributed by atoms with Crippen molar-refractivity contribution in [3.8, 4) is 5.75 Å². The molecule has 4 heteroatoms. The molecular weight excluding hydrogens is 276 g/mol. The van der Waals surface area contributed by atoms with Crippen molar-refractivity contribution in [1.29, 1.82) is 0 Å². The molecule has 0 bridgehead atoms. The van der Waals surface area contributed by atoms with E-state index >= 15 is 0 Å². The maximum atomic E-state index is 5.44. The Morgan fingerprint density at radius 3 is 2.68 bits per heavy atom. The summed E-state index contributed by atoms with van der Waals surface area (Å²) in [6.45, 7) is 1.73. The molecule has 2 aromatic rings. The molecule has 0 spiro atoms. The van der Waals surface area contributed by atoms with Crippen LogP contribution < -0.4 is 10.1 Å².